The second-order valence-electron chi connectivity index (χ2n) is 4.97. The largest absolute Gasteiger partial charge is 0.326 e. The summed E-state index contributed by atoms with van der Waals surface area (Å²) < 4.78 is 1.59. The van der Waals surface area contributed by atoms with E-state index in [1.54, 1.807) is 11.7 Å². The Hall–Kier alpha value is -1.89. The van der Waals surface area contributed by atoms with Gasteiger partial charge in [-0.15, -0.1) is 5.10 Å². The van der Waals surface area contributed by atoms with Crippen molar-refractivity contribution in [2.24, 2.45) is 7.05 Å². The first-order valence-corrected chi connectivity index (χ1v) is 7.80. The number of nitrogens with zero attached hydrogens (tertiary/aromatic N) is 4. The Kier molecular flexibility index (Phi) is 5.32. The number of para-hydroxylation sites is 1. The Balaban J connectivity index is 1.86. The van der Waals surface area contributed by atoms with Crippen molar-refractivity contribution in [3.8, 4) is 0 Å². The molecular weight excluding hydrogens is 286 g/mol. The molecule has 21 heavy (non-hydrogen) atoms. The minimum atomic E-state index is 0.00530. The van der Waals surface area contributed by atoms with Crippen molar-refractivity contribution < 1.29 is 4.79 Å². The van der Waals surface area contributed by atoms with Crippen LogP contribution in [0.25, 0.3) is 0 Å². The molecule has 0 saturated carbocycles. The summed E-state index contributed by atoms with van der Waals surface area (Å²) in [5.41, 5.74) is 2.04. The Morgan fingerprint density at radius 3 is 2.81 bits per heavy atom. The maximum Gasteiger partial charge on any atom is 0.225 e. The molecule has 7 heteroatoms. The Morgan fingerprint density at radius 2 is 2.14 bits per heavy atom. The summed E-state index contributed by atoms with van der Waals surface area (Å²) in [6, 6.07) is 7.90. The molecule has 0 bridgehead atoms. The number of benzene rings is 1. The van der Waals surface area contributed by atoms with Crippen LogP contribution in [0.2, 0.25) is 0 Å². The van der Waals surface area contributed by atoms with Crippen LogP contribution < -0.4 is 5.32 Å². The predicted octanol–water partition coefficient (Wildman–Crippen LogP) is 2.45. The van der Waals surface area contributed by atoms with Crippen molar-refractivity contribution in [2.45, 2.75) is 31.3 Å². The van der Waals surface area contributed by atoms with Gasteiger partial charge in [-0.1, -0.05) is 43.8 Å². The van der Waals surface area contributed by atoms with E-state index in [9.17, 15) is 4.79 Å². The molecule has 1 heterocycles. The number of thioether (sulfide) groups is 1. The first kappa shape index (κ1) is 15.5. The molecule has 0 aliphatic heterocycles. The summed E-state index contributed by atoms with van der Waals surface area (Å²) in [6.45, 7) is 4.23. The van der Waals surface area contributed by atoms with Crippen LogP contribution in [-0.4, -0.2) is 31.9 Å². The van der Waals surface area contributed by atoms with Gasteiger partial charge in [-0.3, -0.25) is 4.79 Å². The van der Waals surface area contributed by atoms with Crippen molar-refractivity contribution >= 4 is 23.4 Å². The summed E-state index contributed by atoms with van der Waals surface area (Å²) >= 11 is 1.47. The number of aryl methyl sites for hydroxylation is 1. The van der Waals surface area contributed by atoms with E-state index in [2.05, 4.69) is 34.7 Å². The smallest absolute Gasteiger partial charge is 0.225 e. The molecule has 0 radical (unpaired) electrons. The van der Waals surface area contributed by atoms with Crippen LogP contribution in [0.1, 0.15) is 31.7 Å². The number of aromatic nitrogens is 4. The average molecular weight is 305 g/mol. The molecule has 0 aliphatic rings. The number of carbonyl (C=O) groups is 1. The van der Waals surface area contributed by atoms with Gasteiger partial charge in [0.25, 0.3) is 0 Å². The normalized spacial score (nSPS) is 10.9. The maximum atomic E-state index is 12.0. The van der Waals surface area contributed by atoms with Crippen molar-refractivity contribution in [2.75, 3.05) is 11.1 Å². The lowest BCUT2D eigenvalue weighted by Gasteiger charge is -2.13. The van der Waals surface area contributed by atoms with E-state index in [0.717, 1.165) is 11.3 Å². The lowest BCUT2D eigenvalue weighted by Crippen LogP contribution is -2.14. The van der Waals surface area contributed by atoms with Gasteiger partial charge in [0, 0.05) is 24.9 Å². The first-order chi connectivity index (χ1) is 10.1. The van der Waals surface area contributed by atoms with Gasteiger partial charge in [-0.25, -0.2) is 4.68 Å². The van der Waals surface area contributed by atoms with E-state index in [1.165, 1.54) is 11.8 Å². The maximum absolute atomic E-state index is 12.0. The SMILES string of the molecule is CC(C)c1ccccc1NC(=O)CCSc1nnnn1C. The van der Waals surface area contributed by atoms with Crippen LogP contribution in [0.4, 0.5) is 5.69 Å². The molecule has 2 aromatic rings. The molecule has 6 nitrogen and oxygen atoms in total. The fraction of sp³-hybridized carbons (Fsp3) is 0.429. The Morgan fingerprint density at radius 1 is 1.38 bits per heavy atom. The van der Waals surface area contributed by atoms with Crippen LogP contribution >= 0.6 is 11.8 Å². The van der Waals surface area contributed by atoms with Crippen molar-refractivity contribution in [1.82, 2.24) is 20.2 Å². The van der Waals surface area contributed by atoms with Gasteiger partial charge in [-0.2, -0.15) is 0 Å². The number of amides is 1. The molecule has 0 saturated heterocycles. The van der Waals surface area contributed by atoms with Gasteiger partial charge in [0.05, 0.1) is 0 Å². The highest BCUT2D eigenvalue weighted by Gasteiger charge is 2.10. The summed E-state index contributed by atoms with van der Waals surface area (Å²) in [4.78, 5) is 12.0. The summed E-state index contributed by atoms with van der Waals surface area (Å²) in [5.74, 6) is 1.02. The monoisotopic (exact) mass is 305 g/mol. The molecule has 1 aromatic heterocycles. The third-order valence-corrected chi connectivity index (χ3v) is 4.01. The quantitative estimate of drug-likeness (QED) is 0.830. The molecule has 1 N–H and O–H groups in total. The second kappa shape index (κ2) is 7.21. The number of tetrazole rings is 1. The van der Waals surface area contributed by atoms with Crippen molar-refractivity contribution in [3.05, 3.63) is 29.8 Å². The Labute approximate surface area is 128 Å². The second-order valence-corrected chi connectivity index (χ2v) is 6.04. The minimum absolute atomic E-state index is 0.00530. The molecule has 0 fully saturated rings. The highest BCUT2D eigenvalue weighted by atomic mass is 32.2. The van der Waals surface area contributed by atoms with E-state index in [0.29, 0.717) is 23.2 Å². The van der Waals surface area contributed by atoms with Gasteiger partial charge in [0.1, 0.15) is 0 Å². The van der Waals surface area contributed by atoms with Crippen LogP contribution in [0.15, 0.2) is 29.4 Å². The lowest BCUT2D eigenvalue weighted by molar-refractivity contribution is -0.115. The lowest BCUT2D eigenvalue weighted by atomic mass is 10.0. The summed E-state index contributed by atoms with van der Waals surface area (Å²) in [6.07, 6.45) is 0.421. The molecule has 1 amide bonds. The third kappa shape index (κ3) is 4.29. The first-order valence-electron chi connectivity index (χ1n) is 6.82. The molecule has 1 aromatic carbocycles. The molecular formula is C14H19N5OS. The van der Waals surface area contributed by atoms with Gasteiger partial charge >= 0.3 is 0 Å². The predicted molar refractivity (Wildman–Crippen MR) is 83.3 cm³/mol. The number of hydrogen-bond donors (Lipinski definition) is 1. The zero-order chi connectivity index (χ0) is 15.2. The summed E-state index contributed by atoms with van der Waals surface area (Å²) in [5, 5.41) is 14.9. The molecule has 112 valence electrons. The Bertz CT molecular complexity index is 611. The van der Waals surface area contributed by atoms with Crippen LogP contribution in [0, 0.1) is 0 Å². The van der Waals surface area contributed by atoms with Crippen LogP contribution in [0.5, 0.6) is 0 Å². The van der Waals surface area contributed by atoms with E-state index in [1.807, 2.05) is 24.3 Å². The van der Waals surface area contributed by atoms with Crippen LogP contribution in [-0.2, 0) is 11.8 Å². The number of carbonyl (C=O) groups excluding carboxylic acids is 1. The van der Waals surface area contributed by atoms with Crippen LogP contribution in [0.3, 0.4) is 0 Å². The zero-order valence-electron chi connectivity index (χ0n) is 12.4. The van der Waals surface area contributed by atoms with E-state index in [4.69, 9.17) is 0 Å². The highest BCUT2D eigenvalue weighted by molar-refractivity contribution is 7.99. The third-order valence-electron chi connectivity index (χ3n) is 3.00. The fourth-order valence-electron chi connectivity index (χ4n) is 1.91. The van der Waals surface area contributed by atoms with Crippen molar-refractivity contribution in [3.63, 3.8) is 0 Å². The molecule has 0 aliphatic carbocycles. The summed E-state index contributed by atoms with van der Waals surface area (Å²) in [7, 11) is 1.78. The molecule has 0 unspecified atom stereocenters. The van der Waals surface area contributed by atoms with E-state index in [-0.39, 0.29) is 5.91 Å². The highest BCUT2D eigenvalue weighted by Crippen LogP contribution is 2.24. The zero-order valence-corrected chi connectivity index (χ0v) is 13.2. The average Bonchev–Trinajstić information content (AvgIpc) is 2.85. The standard InChI is InChI=1S/C14H19N5OS/c1-10(2)11-6-4-5-7-12(11)15-13(20)8-9-21-14-16-17-18-19(14)3/h4-7,10H,8-9H2,1-3H3,(H,15,20). The number of anilines is 1. The molecule has 2 rings (SSSR count). The van der Waals surface area contributed by atoms with Gasteiger partial charge < -0.3 is 5.32 Å². The van der Waals surface area contributed by atoms with E-state index < -0.39 is 0 Å². The molecule has 0 spiro atoms. The minimum Gasteiger partial charge on any atom is -0.326 e. The molecule has 0 atom stereocenters. The topological polar surface area (TPSA) is 72.7 Å². The van der Waals surface area contributed by atoms with Gasteiger partial charge in [0.15, 0.2) is 0 Å². The number of nitrogens with one attached hydrogen (secondary N) is 1. The van der Waals surface area contributed by atoms with Gasteiger partial charge in [0.2, 0.25) is 11.1 Å². The van der Waals surface area contributed by atoms with Gasteiger partial charge in [-0.05, 0) is 28.0 Å². The fourth-order valence-corrected chi connectivity index (χ4v) is 2.69. The van der Waals surface area contributed by atoms with Crippen molar-refractivity contribution in [1.29, 1.82) is 0 Å². The number of rotatable bonds is 6. The van der Waals surface area contributed by atoms with E-state index >= 15 is 0 Å². The number of hydrogen-bond acceptors (Lipinski definition) is 5.